The van der Waals surface area contributed by atoms with Crippen LogP contribution in [0.5, 0.6) is 0 Å². The zero-order chi connectivity index (χ0) is 49.2. The van der Waals surface area contributed by atoms with Gasteiger partial charge in [0.25, 0.3) is 0 Å². The highest BCUT2D eigenvalue weighted by Crippen LogP contribution is 2.69. The molecule has 376 valence electrons. The third-order valence-electron chi connectivity index (χ3n) is 14.9. The maximum absolute atomic E-state index is 14.4. The molecule has 1 saturated heterocycles. The highest BCUT2D eigenvalue weighted by molar-refractivity contribution is 6.01. The van der Waals surface area contributed by atoms with E-state index in [1.165, 1.54) is 5.57 Å². The minimum atomic E-state index is -1.38. The van der Waals surface area contributed by atoms with Crippen molar-refractivity contribution in [2.45, 2.75) is 135 Å². The maximum Gasteiger partial charge on any atom is 0.246 e. The number of Topliss-reactive ketones (excluding diaryl/α,β-unsaturated/α-hetero) is 1. The lowest BCUT2D eigenvalue weighted by atomic mass is 9.46. The molecular weight excluding hydrogens is 885 g/mol. The van der Waals surface area contributed by atoms with Crippen molar-refractivity contribution in [3.8, 4) is 0 Å². The summed E-state index contributed by atoms with van der Waals surface area (Å²) < 4.78 is 24.5. The summed E-state index contributed by atoms with van der Waals surface area (Å²) in [5.41, 5.74) is -0.428. The Morgan fingerprint density at radius 3 is 2.22 bits per heavy atom. The molecule has 3 saturated carbocycles. The van der Waals surface area contributed by atoms with Crippen LogP contribution < -0.4 is 31.9 Å². The molecule has 6 aliphatic rings. The quantitative estimate of drug-likeness (QED) is 0.0429. The summed E-state index contributed by atoms with van der Waals surface area (Å²) in [6.45, 7) is 4.23. The monoisotopic (exact) mass is 954 g/mol. The zero-order valence-electron chi connectivity index (χ0n) is 39.7. The molecule has 0 aromatic rings. The van der Waals surface area contributed by atoms with Gasteiger partial charge in [-0.2, -0.15) is 0 Å². The van der Waals surface area contributed by atoms with Gasteiger partial charge in [-0.15, -0.1) is 0 Å². The molecule has 1 aliphatic heterocycles. The molecule has 5 aliphatic carbocycles. The Morgan fingerprint density at radius 1 is 0.868 bits per heavy atom. The Labute approximate surface area is 396 Å². The summed E-state index contributed by atoms with van der Waals surface area (Å²) in [6.07, 6.45) is 13.7. The van der Waals surface area contributed by atoms with Crippen molar-refractivity contribution in [2.75, 3.05) is 52.7 Å². The fraction of sp³-hybridized carbons (Fsp3) is 0.708. The highest BCUT2D eigenvalue weighted by Gasteiger charge is 2.75. The van der Waals surface area contributed by atoms with E-state index in [1.807, 2.05) is 32.9 Å². The Balaban J connectivity index is 0.871. The number of carbonyl (C=O) groups is 8. The lowest BCUT2D eigenvalue weighted by molar-refractivity contribution is -0.201. The van der Waals surface area contributed by atoms with Crippen LogP contribution in [0.3, 0.4) is 0 Å². The Bertz CT molecular complexity index is 2030. The number of carbonyl (C=O) groups excluding carboxylic acids is 8. The Hall–Kier alpha value is -4.86. The molecule has 0 aromatic carbocycles. The van der Waals surface area contributed by atoms with Crippen LogP contribution in [-0.4, -0.2) is 146 Å². The van der Waals surface area contributed by atoms with Crippen molar-refractivity contribution >= 4 is 47.0 Å². The van der Waals surface area contributed by atoms with Gasteiger partial charge in [-0.3, -0.25) is 38.4 Å². The smallest absolute Gasteiger partial charge is 0.246 e. The number of hydrogen-bond acceptors (Lipinski definition) is 14. The van der Waals surface area contributed by atoms with E-state index in [2.05, 4.69) is 38.8 Å². The second-order valence-corrected chi connectivity index (χ2v) is 19.5. The van der Waals surface area contributed by atoms with Crippen molar-refractivity contribution in [2.24, 2.45) is 28.6 Å². The summed E-state index contributed by atoms with van der Waals surface area (Å²) in [4.78, 5) is 101. The van der Waals surface area contributed by atoms with Crippen molar-refractivity contribution in [1.29, 1.82) is 0 Å². The third kappa shape index (κ3) is 11.9. The SMILES string of the molecule is CCCC1O[C@@H]2C[C@H]3[C@@H]4CCC5=CC(=O)C=C[C@]5(C)[C@H]4[C@@H](O)C[C@]3(C)[C@]2(C(=O)COCNC(=O)CNC(=O)CNC(=O)CNC(=O)CNC(=O)[C@H](CO)NC(=O)COC2/C=C(/C)CCCCC2)O1. The van der Waals surface area contributed by atoms with Crippen LogP contribution in [0.1, 0.15) is 98.3 Å². The van der Waals surface area contributed by atoms with E-state index in [0.717, 1.165) is 56.9 Å². The molecule has 1 heterocycles. The molecule has 0 radical (unpaired) electrons. The molecule has 0 aromatic heterocycles. The number of amides is 6. The summed E-state index contributed by atoms with van der Waals surface area (Å²) in [5, 5.41) is 35.7. The van der Waals surface area contributed by atoms with Gasteiger partial charge in [0.1, 0.15) is 26.0 Å². The van der Waals surface area contributed by atoms with E-state index in [1.54, 1.807) is 12.2 Å². The van der Waals surface area contributed by atoms with Gasteiger partial charge >= 0.3 is 0 Å². The summed E-state index contributed by atoms with van der Waals surface area (Å²) in [6, 6.07) is -1.34. The Kier molecular flexibility index (Phi) is 17.9. The zero-order valence-corrected chi connectivity index (χ0v) is 39.7. The molecule has 20 heteroatoms. The molecule has 0 spiro atoms. The molecule has 6 amide bonds. The normalized spacial score (nSPS) is 32.7. The first-order valence-corrected chi connectivity index (χ1v) is 24.0. The van der Waals surface area contributed by atoms with Gasteiger partial charge in [-0.05, 0) is 82.3 Å². The van der Waals surface area contributed by atoms with Crippen LogP contribution in [0.4, 0.5) is 0 Å². The first-order chi connectivity index (χ1) is 32.4. The lowest BCUT2D eigenvalue weighted by Crippen LogP contribution is -2.63. The molecule has 6 rings (SSSR count). The third-order valence-corrected chi connectivity index (χ3v) is 14.9. The second kappa shape index (κ2) is 23.2. The average molecular weight is 955 g/mol. The molecule has 20 nitrogen and oxygen atoms in total. The van der Waals surface area contributed by atoms with E-state index < -0.39 is 116 Å². The number of aliphatic hydroxyl groups excluding tert-OH is 2. The van der Waals surface area contributed by atoms with Crippen molar-refractivity contribution in [1.82, 2.24) is 31.9 Å². The molecule has 68 heavy (non-hydrogen) atoms. The van der Waals surface area contributed by atoms with Crippen LogP contribution in [0.25, 0.3) is 0 Å². The van der Waals surface area contributed by atoms with E-state index in [-0.39, 0.29) is 48.8 Å². The number of fused-ring (bicyclic) bond motifs is 7. The van der Waals surface area contributed by atoms with E-state index in [9.17, 15) is 48.6 Å². The fourth-order valence-corrected chi connectivity index (χ4v) is 11.6. The van der Waals surface area contributed by atoms with Crippen LogP contribution >= 0.6 is 0 Å². The topological polar surface area (TPSA) is 286 Å². The number of ketones is 2. The number of ether oxygens (including phenoxy) is 4. The molecule has 8 N–H and O–H groups in total. The van der Waals surface area contributed by atoms with Crippen LogP contribution in [0, 0.1) is 28.6 Å². The number of allylic oxidation sites excluding steroid dienone is 5. The molecule has 0 bridgehead atoms. The molecule has 2 unspecified atom stereocenters. The van der Waals surface area contributed by atoms with Gasteiger partial charge in [0.2, 0.25) is 35.4 Å². The molecule has 11 atom stereocenters. The molecule has 4 fully saturated rings. The van der Waals surface area contributed by atoms with Gasteiger partial charge in [-0.25, -0.2) is 0 Å². The number of hydrogen-bond donors (Lipinski definition) is 8. The second-order valence-electron chi connectivity index (χ2n) is 19.5. The van der Waals surface area contributed by atoms with Gasteiger partial charge in [0.15, 0.2) is 23.5 Å². The predicted molar refractivity (Wildman–Crippen MR) is 242 cm³/mol. The Morgan fingerprint density at radius 2 is 1.54 bits per heavy atom. The average Bonchev–Trinajstić information content (AvgIpc) is 3.78. The number of rotatable bonds is 21. The standard InChI is InChI=1S/C48H70N6O14/c1-5-9-43-67-37-18-33-32-13-12-29-17-30(56)14-15-46(29,3)44(32)35(57)19-47(33,4)48(37,68-43)36(58)25-65-27-53-41(62)22-51-39(60)20-49-38(59)21-50-40(61)23-52-45(64)34(24-55)54-42(63)26-66-31-11-8-6-7-10-28(2)16-31/h14-17,31-35,37,43-44,55,57H,5-13,18-27H2,1-4H3,(H,49,59)(H,50,61)(H,51,60)(H,52,64)(H,53,62)(H,54,63)/b28-16-/t31?,32-,33-,34-,35-,37+,43?,44+,46-,47-,48+/m0/s1. The van der Waals surface area contributed by atoms with E-state index >= 15 is 0 Å². The number of nitrogens with one attached hydrogen (secondary N) is 6. The van der Waals surface area contributed by atoms with Crippen LogP contribution in [0.2, 0.25) is 0 Å². The van der Waals surface area contributed by atoms with Gasteiger partial charge < -0.3 is 61.1 Å². The van der Waals surface area contributed by atoms with E-state index in [0.29, 0.717) is 19.3 Å². The van der Waals surface area contributed by atoms with Crippen molar-refractivity contribution in [3.05, 3.63) is 35.5 Å². The largest absolute Gasteiger partial charge is 0.394 e. The summed E-state index contributed by atoms with van der Waals surface area (Å²) in [7, 11) is 0. The van der Waals surface area contributed by atoms with Crippen molar-refractivity contribution in [3.63, 3.8) is 0 Å². The van der Waals surface area contributed by atoms with E-state index in [4.69, 9.17) is 18.9 Å². The lowest BCUT2D eigenvalue weighted by Gasteiger charge is -2.59. The molecular formula is C48H70N6O14. The summed E-state index contributed by atoms with van der Waals surface area (Å²) in [5.74, 6) is -4.75. The van der Waals surface area contributed by atoms with Crippen LogP contribution in [-0.2, 0) is 57.3 Å². The van der Waals surface area contributed by atoms with Gasteiger partial charge in [-0.1, -0.05) is 63.3 Å². The fourth-order valence-electron chi connectivity index (χ4n) is 11.6. The minimum Gasteiger partial charge on any atom is -0.394 e. The van der Waals surface area contributed by atoms with Crippen LogP contribution in [0.15, 0.2) is 35.5 Å². The predicted octanol–water partition coefficient (Wildman–Crippen LogP) is 0.0523. The number of aliphatic hydroxyl groups is 2. The van der Waals surface area contributed by atoms with Gasteiger partial charge in [0, 0.05) is 16.7 Å². The van der Waals surface area contributed by atoms with Gasteiger partial charge in [0.05, 0.1) is 51.1 Å². The highest BCUT2D eigenvalue weighted by atomic mass is 16.7. The summed E-state index contributed by atoms with van der Waals surface area (Å²) >= 11 is 0. The first kappa shape index (κ1) is 52.5. The first-order valence-electron chi connectivity index (χ1n) is 24.0. The minimum absolute atomic E-state index is 0.00797. The maximum atomic E-state index is 14.4. The van der Waals surface area contributed by atoms with Crippen molar-refractivity contribution < 1.29 is 67.5 Å².